The van der Waals surface area contributed by atoms with Crippen LogP contribution >= 0.6 is 23.2 Å². The molecule has 0 N–H and O–H groups in total. The highest BCUT2D eigenvalue weighted by Gasteiger charge is 2.46. The van der Waals surface area contributed by atoms with Gasteiger partial charge in [-0.1, -0.05) is 35.3 Å². The molecule has 2 aromatic heterocycles. The number of carbonyl (C=O) groups excluding carboxylic acids is 1. The number of amides is 1. The second-order valence-electron chi connectivity index (χ2n) is 6.70. The maximum absolute atomic E-state index is 13.3. The summed E-state index contributed by atoms with van der Waals surface area (Å²) in [6, 6.07) is 13.0. The molecule has 3 aromatic rings. The molecule has 0 aliphatic carbocycles. The molecule has 142 valence electrons. The number of nitrogens with zero attached hydrogens (tertiary/aromatic N) is 4. The highest BCUT2D eigenvalue weighted by Crippen LogP contribution is 2.45. The quantitative estimate of drug-likeness (QED) is 0.632. The smallest absolute Gasteiger partial charge is 0.246 e. The van der Waals surface area contributed by atoms with Crippen molar-refractivity contribution in [3.63, 3.8) is 0 Å². The van der Waals surface area contributed by atoms with Crippen molar-refractivity contribution in [3.05, 3.63) is 94.0 Å². The van der Waals surface area contributed by atoms with Gasteiger partial charge in [-0.15, -0.1) is 0 Å². The third kappa shape index (κ3) is 3.49. The lowest BCUT2D eigenvalue weighted by molar-refractivity contribution is -0.137. The predicted octanol–water partition coefficient (Wildman–Crippen LogP) is 4.50. The van der Waals surface area contributed by atoms with Gasteiger partial charge in [0.25, 0.3) is 0 Å². The molecule has 7 heteroatoms. The fraction of sp³-hybridized carbons (Fsp3) is 0.190. The molecular weight excluding hydrogens is 395 g/mol. The largest absolute Gasteiger partial charge is 0.277 e. The van der Waals surface area contributed by atoms with Crippen LogP contribution in [0, 0.1) is 0 Å². The summed E-state index contributed by atoms with van der Waals surface area (Å²) in [5.41, 5.74) is 2.87. The summed E-state index contributed by atoms with van der Waals surface area (Å²) in [7, 11) is 1.80. The van der Waals surface area contributed by atoms with Crippen molar-refractivity contribution in [2.24, 2.45) is 0 Å². The van der Waals surface area contributed by atoms with Crippen LogP contribution in [-0.2, 0) is 11.3 Å². The summed E-state index contributed by atoms with van der Waals surface area (Å²) in [4.78, 5) is 21.6. The standard InChI is InChI=1S/C21H18Cl2N4O/c1-26-21(28)19(16-4-5-17(22)18(23)11-16)20(15-6-9-24-10-7-15)27(26)13-14-3-2-8-25-12-14/h2-12,19-20H,13H2,1H3. The highest BCUT2D eigenvalue weighted by atomic mass is 35.5. The number of hydrogen-bond donors (Lipinski definition) is 0. The van der Waals surface area contributed by atoms with Crippen LogP contribution in [0.15, 0.2) is 67.3 Å². The summed E-state index contributed by atoms with van der Waals surface area (Å²) in [6.07, 6.45) is 7.04. The molecule has 1 aliphatic rings. The van der Waals surface area contributed by atoms with Crippen LogP contribution in [0.25, 0.3) is 0 Å². The molecule has 0 radical (unpaired) electrons. The zero-order valence-corrected chi connectivity index (χ0v) is 16.7. The molecule has 1 aromatic carbocycles. The molecule has 3 heterocycles. The number of pyridine rings is 2. The molecule has 1 amide bonds. The number of aromatic nitrogens is 2. The van der Waals surface area contributed by atoms with Gasteiger partial charge < -0.3 is 0 Å². The van der Waals surface area contributed by atoms with E-state index in [1.165, 1.54) is 0 Å². The average molecular weight is 413 g/mol. The van der Waals surface area contributed by atoms with E-state index in [-0.39, 0.29) is 11.9 Å². The predicted molar refractivity (Wildman–Crippen MR) is 109 cm³/mol. The Morgan fingerprint density at radius 2 is 1.75 bits per heavy atom. The summed E-state index contributed by atoms with van der Waals surface area (Å²) >= 11 is 12.3. The second-order valence-corrected chi connectivity index (χ2v) is 7.51. The molecule has 2 atom stereocenters. The first-order valence-corrected chi connectivity index (χ1v) is 9.60. The van der Waals surface area contributed by atoms with Crippen LogP contribution in [0.3, 0.4) is 0 Å². The number of hydrogen-bond acceptors (Lipinski definition) is 4. The number of carbonyl (C=O) groups is 1. The molecule has 5 nitrogen and oxygen atoms in total. The monoisotopic (exact) mass is 412 g/mol. The maximum atomic E-state index is 13.3. The van der Waals surface area contributed by atoms with Gasteiger partial charge in [-0.2, -0.15) is 0 Å². The SMILES string of the molecule is CN1C(=O)C(c2ccc(Cl)c(Cl)c2)C(c2ccncc2)N1Cc1cccnc1. The topological polar surface area (TPSA) is 49.3 Å². The molecule has 0 saturated carbocycles. The molecule has 0 spiro atoms. The number of likely N-dealkylation sites (N-methyl/N-ethyl adjacent to an activating group) is 1. The first kappa shape index (κ1) is 18.9. The van der Waals surface area contributed by atoms with Crippen molar-refractivity contribution < 1.29 is 4.79 Å². The van der Waals surface area contributed by atoms with Crippen LogP contribution in [0.5, 0.6) is 0 Å². The molecule has 0 bridgehead atoms. The van der Waals surface area contributed by atoms with Crippen LogP contribution in [-0.4, -0.2) is 32.9 Å². The first-order valence-electron chi connectivity index (χ1n) is 8.84. The minimum Gasteiger partial charge on any atom is -0.277 e. The Kier molecular flexibility index (Phi) is 5.31. The lowest BCUT2D eigenvalue weighted by Crippen LogP contribution is -2.36. The summed E-state index contributed by atoms with van der Waals surface area (Å²) in [5, 5.41) is 4.65. The molecule has 1 fully saturated rings. The van der Waals surface area contributed by atoms with E-state index in [9.17, 15) is 4.79 Å². The van der Waals surface area contributed by atoms with E-state index < -0.39 is 5.92 Å². The van der Waals surface area contributed by atoms with Gasteiger partial charge in [0, 0.05) is 38.4 Å². The fourth-order valence-electron chi connectivity index (χ4n) is 3.66. The number of rotatable bonds is 4. The van der Waals surface area contributed by atoms with Crippen molar-refractivity contribution >= 4 is 29.1 Å². The van der Waals surface area contributed by atoms with Gasteiger partial charge in [-0.05, 0) is 47.0 Å². The van der Waals surface area contributed by atoms with E-state index >= 15 is 0 Å². The summed E-state index contributed by atoms with van der Waals surface area (Å²) in [6.45, 7) is 0.556. The van der Waals surface area contributed by atoms with E-state index in [4.69, 9.17) is 23.2 Å². The zero-order valence-electron chi connectivity index (χ0n) is 15.2. The van der Waals surface area contributed by atoms with Crippen molar-refractivity contribution in [2.45, 2.75) is 18.5 Å². The highest BCUT2D eigenvalue weighted by molar-refractivity contribution is 6.42. The number of benzene rings is 1. The van der Waals surface area contributed by atoms with E-state index in [1.807, 2.05) is 36.5 Å². The molecule has 1 aliphatic heterocycles. The molecule has 2 unspecified atom stereocenters. The normalized spacial score (nSPS) is 20.0. The van der Waals surface area contributed by atoms with Gasteiger partial charge >= 0.3 is 0 Å². The number of halogens is 2. The molecular formula is C21H18Cl2N4O. The van der Waals surface area contributed by atoms with Gasteiger partial charge in [0.1, 0.15) is 0 Å². The summed E-state index contributed by atoms with van der Waals surface area (Å²) < 4.78 is 0. The van der Waals surface area contributed by atoms with Crippen LogP contribution in [0.2, 0.25) is 10.0 Å². The van der Waals surface area contributed by atoms with E-state index in [0.717, 1.165) is 16.7 Å². The van der Waals surface area contributed by atoms with Gasteiger partial charge in [0.05, 0.1) is 22.0 Å². The van der Waals surface area contributed by atoms with E-state index in [2.05, 4.69) is 15.0 Å². The lowest BCUT2D eigenvalue weighted by Gasteiger charge is -2.30. The maximum Gasteiger partial charge on any atom is 0.246 e. The Balaban J connectivity index is 1.79. The number of hydrazine groups is 1. The Bertz CT molecular complexity index is 984. The third-order valence-electron chi connectivity index (χ3n) is 5.02. The Hall–Kier alpha value is -2.47. The minimum absolute atomic E-state index is 0.00379. The van der Waals surface area contributed by atoms with E-state index in [0.29, 0.717) is 16.6 Å². The minimum atomic E-state index is -0.404. The van der Waals surface area contributed by atoms with Crippen LogP contribution < -0.4 is 0 Å². The molecule has 1 saturated heterocycles. The van der Waals surface area contributed by atoms with Crippen molar-refractivity contribution in [3.8, 4) is 0 Å². The Labute approximate surface area is 173 Å². The fourth-order valence-corrected chi connectivity index (χ4v) is 3.97. The van der Waals surface area contributed by atoms with Gasteiger partial charge in [0.15, 0.2) is 0 Å². The lowest BCUT2D eigenvalue weighted by atomic mass is 9.88. The average Bonchev–Trinajstić information content (AvgIpc) is 2.96. The first-order chi connectivity index (χ1) is 13.6. The Morgan fingerprint density at radius 3 is 2.43 bits per heavy atom. The van der Waals surface area contributed by atoms with Gasteiger partial charge in [-0.3, -0.25) is 19.8 Å². The van der Waals surface area contributed by atoms with Crippen molar-refractivity contribution in [2.75, 3.05) is 7.05 Å². The Morgan fingerprint density at radius 1 is 0.964 bits per heavy atom. The second kappa shape index (κ2) is 7.87. The van der Waals surface area contributed by atoms with Crippen molar-refractivity contribution in [1.29, 1.82) is 0 Å². The zero-order chi connectivity index (χ0) is 19.7. The van der Waals surface area contributed by atoms with Crippen molar-refractivity contribution in [1.82, 2.24) is 20.0 Å². The van der Waals surface area contributed by atoms with Gasteiger partial charge in [-0.25, -0.2) is 5.01 Å². The third-order valence-corrected chi connectivity index (χ3v) is 5.76. The summed E-state index contributed by atoms with van der Waals surface area (Å²) in [5.74, 6) is -0.400. The van der Waals surface area contributed by atoms with E-state index in [1.54, 1.807) is 42.8 Å². The van der Waals surface area contributed by atoms with Crippen LogP contribution in [0.4, 0.5) is 0 Å². The molecule has 28 heavy (non-hydrogen) atoms. The molecule has 4 rings (SSSR count). The van der Waals surface area contributed by atoms with Crippen LogP contribution in [0.1, 0.15) is 28.7 Å². The van der Waals surface area contributed by atoms with Gasteiger partial charge in [0.2, 0.25) is 5.91 Å².